The van der Waals surface area contributed by atoms with Gasteiger partial charge in [0.15, 0.2) is 0 Å². The molecule has 0 bridgehead atoms. The van der Waals surface area contributed by atoms with Crippen LogP contribution >= 0.6 is 11.8 Å². The van der Waals surface area contributed by atoms with Gasteiger partial charge in [-0.15, -0.1) is 11.8 Å². The van der Waals surface area contributed by atoms with Crippen LogP contribution in [0.4, 0.5) is 24.5 Å². The number of carbonyl (C=O) groups is 1. The molecule has 2 saturated heterocycles. The zero-order chi connectivity index (χ0) is 46.1. The molecule has 2 fully saturated rings. The second-order valence-corrected chi connectivity index (χ2v) is 22.4. The summed E-state index contributed by atoms with van der Waals surface area (Å²) in [4.78, 5) is 19.0. The van der Waals surface area contributed by atoms with E-state index in [1.54, 1.807) is 12.1 Å². The largest absolute Gasteiger partial charge is 0.501 e. The van der Waals surface area contributed by atoms with E-state index in [9.17, 15) is 34.8 Å². The smallest absolute Gasteiger partial charge is 0.380 e. The number of thioether (sulfide) groups is 1. The molecule has 1 amide bonds. The first-order valence-electron chi connectivity index (χ1n) is 22.1. The first-order valence-corrected chi connectivity index (χ1v) is 26.0. The molecule has 1 atom stereocenters. The van der Waals surface area contributed by atoms with Crippen molar-refractivity contribution in [3.8, 4) is 0 Å². The molecule has 6 rings (SSSR count). The third kappa shape index (κ3) is 13.1. The lowest BCUT2D eigenvalue weighted by molar-refractivity contribution is -0.0435. The molecule has 17 heteroatoms. The van der Waals surface area contributed by atoms with Gasteiger partial charge in [-0.2, -0.15) is 13.2 Å². The van der Waals surface area contributed by atoms with Gasteiger partial charge in [0.1, 0.15) is 4.90 Å². The molecule has 3 aromatic rings. The molecule has 0 aromatic heterocycles. The van der Waals surface area contributed by atoms with Crippen molar-refractivity contribution in [2.75, 3.05) is 81.5 Å². The molecule has 3 aromatic carbocycles. The Labute approximate surface area is 381 Å². The summed E-state index contributed by atoms with van der Waals surface area (Å²) in [7, 11) is -10.9. The van der Waals surface area contributed by atoms with Gasteiger partial charge < -0.3 is 15.0 Å². The minimum Gasteiger partial charge on any atom is -0.380 e. The van der Waals surface area contributed by atoms with Crippen LogP contribution < -0.4 is 14.9 Å². The summed E-state index contributed by atoms with van der Waals surface area (Å²) in [6.45, 7) is 18.5. The van der Waals surface area contributed by atoms with Gasteiger partial charge in [-0.3, -0.25) is 14.6 Å². The zero-order valence-electron chi connectivity index (χ0n) is 37.1. The Hall–Kier alpha value is -3.87. The number of sulfonamides is 1. The van der Waals surface area contributed by atoms with E-state index in [4.69, 9.17) is 4.74 Å². The first kappa shape index (κ1) is 49.6. The topological polar surface area (TPSA) is 128 Å². The lowest BCUT2D eigenvalue weighted by atomic mass is 9.72. The number of hydrogen-bond acceptors (Lipinski definition) is 11. The lowest BCUT2D eigenvalue weighted by Crippen LogP contribution is -2.47. The number of nitrogens with one attached hydrogen (secondary N) is 2. The van der Waals surface area contributed by atoms with Crippen molar-refractivity contribution >= 4 is 48.9 Å². The quantitative estimate of drug-likeness (QED) is 0.112. The summed E-state index contributed by atoms with van der Waals surface area (Å²) in [5.74, 6) is -0.640. The van der Waals surface area contributed by atoms with E-state index in [2.05, 4.69) is 47.4 Å². The molecule has 2 N–H and O–H groups in total. The monoisotopic (exact) mass is 945 g/mol. The highest BCUT2D eigenvalue weighted by molar-refractivity contribution is 7.99. The molecule has 350 valence electrons. The van der Waals surface area contributed by atoms with Crippen molar-refractivity contribution in [2.24, 2.45) is 5.41 Å². The van der Waals surface area contributed by atoms with Gasteiger partial charge in [0.05, 0.1) is 23.8 Å². The number of halogens is 3. The van der Waals surface area contributed by atoms with Gasteiger partial charge in [-0.25, -0.2) is 21.6 Å². The predicted octanol–water partition coefficient (Wildman–Crippen LogP) is 8.77. The highest BCUT2D eigenvalue weighted by atomic mass is 32.2. The standard InChI is InChI=1S/C47H62F3N5O6S3/c1-5-6-10-35(2)42-32-46(3,4)21-19-37(42)33-54-23-25-55(26-24-54)39-15-13-36(14-16-39)45(56)52-64(59,60)41-17-18-43(44(31-41)63(57,58)47(48,49)50)51-38(20-22-53-27-29-61-30-28-53)34-62-40-11-8-7-9-12-40/h7-9,11-18,31,38,51H,2,5-6,10,19-30,32-34H2,1,3-4H3,(H,52,56)/t38-/m1/s1. The third-order valence-electron chi connectivity index (χ3n) is 12.3. The normalized spacial score (nSPS) is 18.4. The van der Waals surface area contributed by atoms with E-state index < -0.39 is 52.8 Å². The number of amides is 1. The number of morpholine rings is 1. The summed E-state index contributed by atoms with van der Waals surface area (Å²) in [5, 5.41) is 3.00. The van der Waals surface area contributed by atoms with Crippen molar-refractivity contribution in [3.05, 3.63) is 102 Å². The fourth-order valence-corrected chi connectivity index (χ4v) is 11.4. The molecule has 0 saturated carbocycles. The van der Waals surface area contributed by atoms with Gasteiger partial charge in [0.2, 0.25) is 0 Å². The minimum atomic E-state index is -6.05. The molecule has 0 unspecified atom stereocenters. The van der Waals surface area contributed by atoms with E-state index in [-0.39, 0.29) is 11.0 Å². The predicted molar refractivity (Wildman–Crippen MR) is 249 cm³/mol. The van der Waals surface area contributed by atoms with E-state index >= 15 is 0 Å². The summed E-state index contributed by atoms with van der Waals surface area (Å²) >= 11 is 1.45. The molecule has 11 nitrogen and oxygen atoms in total. The Morgan fingerprint density at radius 1 is 0.922 bits per heavy atom. The Morgan fingerprint density at radius 3 is 2.27 bits per heavy atom. The minimum absolute atomic E-state index is 0.00871. The molecular weight excluding hydrogens is 884 g/mol. The maximum Gasteiger partial charge on any atom is 0.501 e. The van der Waals surface area contributed by atoms with Gasteiger partial charge >= 0.3 is 5.51 Å². The average Bonchev–Trinajstić information content (AvgIpc) is 3.27. The molecular formula is C47H62F3N5O6S3. The second kappa shape index (κ2) is 21.6. The van der Waals surface area contributed by atoms with Crippen molar-refractivity contribution in [1.82, 2.24) is 14.5 Å². The van der Waals surface area contributed by atoms with E-state index in [1.807, 2.05) is 35.1 Å². The maximum absolute atomic E-state index is 14.2. The van der Waals surface area contributed by atoms with Crippen LogP contribution in [0.1, 0.15) is 76.1 Å². The summed E-state index contributed by atoms with van der Waals surface area (Å²) in [6.07, 6.45) is 7.06. The average molecular weight is 946 g/mol. The van der Waals surface area contributed by atoms with Crippen molar-refractivity contribution < 1.29 is 39.5 Å². The fraction of sp³-hybridized carbons (Fsp3) is 0.511. The van der Waals surface area contributed by atoms with Crippen LogP contribution in [0.3, 0.4) is 0 Å². The number of hydrogen-bond donors (Lipinski definition) is 2. The Bertz CT molecular complexity index is 2330. The van der Waals surface area contributed by atoms with Crippen molar-refractivity contribution in [1.29, 1.82) is 0 Å². The Morgan fingerprint density at radius 2 is 1.61 bits per heavy atom. The Balaban J connectivity index is 1.12. The number of piperazine rings is 1. The van der Waals surface area contributed by atoms with Gasteiger partial charge in [-0.05, 0) is 104 Å². The molecule has 3 aliphatic rings. The van der Waals surface area contributed by atoms with Crippen molar-refractivity contribution in [3.63, 3.8) is 0 Å². The highest BCUT2D eigenvalue weighted by Gasteiger charge is 2.48. The van der Waals surface area contributed by atoms with Gasteiger partial charge in [-0.1, -0.05) is 63.1 Å². The number of carbonyl (C=O) groups excluding carboxylic acids is 1. The van der Waals surface area contributed by atoms with Crippen LogP contribution in [-0.4, -0.2) is 115 Å². The van der Waals surface area contributed by atoms with Crippen molar-refractivity contribution in [2.45, 2.75) is 92.0 Å². The zero-order valence-corrected chi connectivity index (χ0v) is 39.5. The van der Waals surface area contributed by atoms with Gasteiger partial charge in [0.25, 0.3) is 25.8 Å². The number of unbranched alkanes of at least 4 members (excludes halogenated alkanes) is 1. The number of benzene rings is 3. The fourth-order valence-electron chi connectivity index (χ4n) is 8.35. The molecule has 0 spiro atoms. The summed E-state index contributed by atoms with van der Waals surface area (Å²) in [6, 6.07) is 17.8. The van der Waals surface area contributed by atoms with E-state index in [0.29, 0.717) is 51.1 Å². The molecule has 64 heavy (non-hydrogen) atoms. The first-order chi connectivity index (χ1) is 30.3. The van der Waals surface area contributed by atoms with Crippen LogP contribution in [-0.2, 0) is 24.6 Å². The number of alkyl halides is 3. The summed E-state index contributed by atoms with van der Waals surface area (Å²) in [5.41, 5.74) is -0.756. The SMILES string of the molecule is C=C(CCCC)C1=C(CN2CCN(c3ccc(C(=O)NS(=O)(=O)c4ccc(N[C@H](CCN5CCOCC5)CSc5ccccc5)c(S(=O)(=O)C(F)(F)F)c4)cc3)CC2)CCC(C)(C)C1. The third-order valence-corrected chi connectivity index (χ3v) is 16.3. The van der Waals surface area contributed by atoms with E-state index in [0.717, 1.165) is 94.0 Å². The number of anilines is 2. The summed E-state index contributed by atoms with van der Waals surface area (Å²) < 4.78 is 103. The number of nitrogens with zero attached hydrogens (tertiary/aromatic N) is 3. The highest BCUT2D eigenvalue weighted by Crippen LogP contribution is 2.42. The molecule has 0 radical (unpaired) electrons. The van der Waals surface area contributed by atoms with E-state index in [1.165, 1.54) is 40.6 Å². The maximum atomic E-state index is 14.2. The number of ether oxygens (including phenoxy) is 1. The molecule has 2 heterocycles. The number of sulfone groups is 1. The van der Waals surface area contributed by atoms with Crippen LogP contribution in [0.2, 0.25) is 0 Å². The van der Waals surface area contributed by atoms with Crippen LogP contribution in [0.5, 0.6) is 0 Å². The second-order valence-electron chi connectivity index (χ2n) is 17.7. The van der Waals surface area contributed by atoms with Gasteiger partial charge in [0, 0.05) is 80.3 Å². The van der Waals surface area contributed by atoms with Crippen LogP contribution in [0.25, 0.3) is 0 Å². The van der Waals surface area contributed by atoms with Crippen LogP contribution in [0.15, 0.2) is 111 Å². The molecule has 1 aliphatic carbocycles. The lowest BCUT2D eigenvalue weighted by Gasteiger charge is -2.39. The van der Waals surface area contributed by atoms with Crippen LogP contribution in [0, 0.1) is 5.41 Å². The number of allylic oxidation sites excluding steroid dienone is 2. The number of rotatable bonds is 19. The molecule has 2 aliphatic heterocycles. The Kier molecular flexibility index (Phi) is 16.7.